The van der Waals surface area contributed by atoms with E-state index in [0.29, 0.717) is 25.6 Å². The molecule has 3 N–H and O–H groups in total. The van der Waals surface area contributed by atoms with Crippen molar-refractivity contribution in [3.8, 4) is 5.75 Å². The Hall–Kier alpha value is -1.60. The molecule has 0 aromatic carbocycles. The third kappa shape index (κ3) is 4.41. The zero-order valence-electron chi connectivity index (χ0n) is 9.73. The van der Waals surface area contributed by atoms with Gasteiger partial charge in [0.15, 0.2) is 5.82 Å². The lowest BCUT2D eigenvalue weighted by Gasteiger charge is -2.08. The van der Waals surface area contributed by atoms with Crippen LogP contribution in [0, 0.1) is 0 Å². The van der Waals surface area contributed by atoms with E-state index in [9.17, 15) is 4.79 Å². The number of methoxy groups -OCH3 is 1. The molecule has 1 aromatic rings. The molecule has 1 heterocycles. The van der Waals surface area contributed by atoms with Crippen LogP contribution in [0.3, 0.4) is 0 Å². The molecular formula is C10H17N3O4. The van der Waals surface area contributed by atoms with E-state index in [4.69, 9.17) is 14.6 Å². The molecule has 1 aromatic heterocycles. The van der Waals surface area contributed by atoms with Crippen LogP contribution in [0.4, 0.5) is 5.82 Å². The van der Waals surface area contributed by atoms with Gasteiger partial charge < -0.3 is 24.9 Å². The molecular weight excluding hydrogens is 226 g/mol. The monoisotopic (exact) mass is 243 g/mol. The standard InChI is InChI=1S/C10H17N3O4/c1-16-8-9(12-7-13-10(8)15)11-3-2-5-17-6-4-14/h7,14H,2-6H2,1H3,(H2,11,12,13,15). The number of rotatable bonds is 8. The van der Waals surface area contributed by atoms with Gasteiger partial charge in [0.25, 0.3) is 5.56 Å². The molecule has 7 nitrogen and oxygen atoms in total. The molecule has 17 heavy (non-hydrogen) atoms. The number of aliphatic hydroxyl groups excluding tert-OH is 1. The zero-order valence-corrected chi connectivity index (χ0v) is 9.73. The van der Waals surface area contributed by atoms with Crippen molar-refractivity contribution in [2.75, 3.05) is 38.8 Å². The van der Waals surface area contributed by atoms with Crippen LogP contribution in [0.5, 0.6) is 5.75 Å². The first-order chi connectivity index (χ1) is 8.29. The number of nitrogens with one attached hydrogen (secondary N) is 2. The summed E-state index contributed by atoms with van der Waals surface area (Å²) in [6.45, 7) is 1.51. The second-order valence-corrected chi connectivity index (χ2v) is 3.23. The van der Waals surface area contributed by atoms with E-state index in [1.165, 1.54) is 13.4 Å². The van der Waals surface area contributed by atoms with Gasteiger partial charge in [-0.25, -0.2) is 4.98 Å². The Morgan fingerprint density at radius 2 is 2.35 bits per heavy atom. The Morgan fingerprint density at radius 1 is 1.53 bits per heavy atom. The smallest absolute Gasteiger partial charge is 0.295 e. The minimum atomic E-state index is -0.318. The van der Waals surface area contributed by atoms with Gasteiger partial charge in [0, 0.05) is 13.2 Å². The van der Waals surface area contributed by atoms with Crippen molar-refractivity contribution in [2.45, 2.75) is 6.42 Å². The predicted molar refractivity (Wildman–Crippen MR) is 62.4 cm³/mol. The van der Waals surface area contributed by atoms with Crippen molar-refractivity contribution in [3.05, 3.63) is 16.7 Å². The summed E-state index contributed by atoms with van der Waals surface area (Å²) in [5.74, 6) is 0.585. The Labute approximate surface area is 98.8 Å². The highest BCUT2D eigenvalue weighted by atomic mass is 16.5. The average molecular weight is 243 g/mol. The van der Waals surface area contributed by atoms with Crippen LogP contribution in [0.2, 0.25) is 0 Å². The summed E-state index contributed by atoms with van der Waals surface area (Å²) in [7, 11) is 1.42. The minimum absolute atomic E-state index is 0.0247. The van der Waals surface area contributed by atoms with E-state index < -0.39 is 0 Å². The van der Waals surface area contributed by atoms with Crippen LogP contribution in [0.1, 0.15) is 6.42 Å². The largest absolute Gasteiger partial charge is 0.489 e. The summed E-state index contributed by atoms with van der Waals surface area (Å²) < 4.78 is 10.0. The molecule has 0 spiro atoms. The topological polar surface area (TPSA) is 96.5 Å². The van der Waals surface area contributed by atoms with Gasteiger partial charge in [-0.1, -0.05) is 0 Å². The van der Waals surface area contributed by atoms with Gasteiger partial charge in [-0.2, -0.15) is 0 Å². The summed E-state index contributed by atoms with van der Waals surface area (Å²) in [5, 5.41) is 11.5. The molecule has 0 atom stereocenters. The Bertz CT molecular complexity index is 380. The molecule has 96 valence electrons. The van der Waals surface area contributed by atoms with E-state index in [-0.39, 0.29) is 17.9 Å². The summed E-state index contributed by atoms with van der Waals surface area (Å²) in [6, 6.07) is 0. The number of anilines is 1. The molecule has 0 bridgehead atoms. The number of ether oxygens (including phenoxy) is 2. The van der Waals surface area contributed by atoms with Gasteiger partial charge in [-0.05, 0) is 6.42 Å². The number of aromatic nitrogens is 2. The van der Waals surface area contributed by atoms with Crippen molar-refractivity contribution in [1.82, 2.24) is 9.97 Å². The van der Waals surface area contributed by atoms with Crippen molar-refractivity contribution in [3.63, 3.8) is 0 Å². The molecule has 0 aliphatic carbocycles. The molecule has 7 heteroatoms. The molecule has 1 rings (SSSR count). The lowest BCUT2D eigenvalue weighted by atomic mass is 10.4. The van der Waals surface area contributed by atoms with Crippen molar-refractivity contribution in [2.24, 2.45) is 0 Å². The lowest BCUT2D eigenvalue weighted by Crippen LogP contribution is -2.15. The van der Waals surface area contributed by atoms with Crippen molar-refractivity contribution >= 4 is 5.82 Å². The molecule has 0 aliphatic rings. The summed E-state index contributed by atoms with van der Waals surface area (Å²) in [6.07, 6.45) is 2.06. The van der Waals surface area contributed by atoms with E-state index >= 15 is 0 Å². The minimum Gasteiger partial charge on any atom is -0.489 e. The zero-order chi connectivity index (χ0) is 12.5. The van der Waals surface area contributed by atoms with Crippen LogP contribution in [0.15, 0.2) is 11.1 Å². The first-order valence-corrected chi connectivity index (χ1v) is 5.33. The maximum absolute atomic E-state index is 11.3. The van der Waals surface area contributed by atoms with Gasteiger partial charge in [-0.15, -0.1) is 0 Å². The normalized spacial score (nSPS) is 10.2. The highest BCUT2D eigenvalue weighted by Crippen LogP contribution is 2.13. The van der Waals surface area contributed by atoms with Gasteiger partial charge in [0.05, 0.1) is 26.7 Å². The number of hydrogen-bond donors (Lipinski definition) is 3. The predicted octanol–water partition coefficient (Wildman–Crippen LogP) is -0.411. The maximum atomic E-state index is 11.3. The van der Waals surface area contributed by atoms with E-state index in [2.05, 4.69) is 15.3 Å². The molecule has 0 fully saturated rings. The lowest BCUT2D eigenvalue weighted by molar-refractivity contribution is 0.0922. The highest BCUT2D eigenvalue weighted by Gasteiger charge is 2.07. The Morgan fingerprint density at radius 3 is 3.06 bits per heavy atom. The highest BCUT2D eigenvalue weighted by molar-refractivity contribution is 5.47. The number of aliphatic hydroxyl groups is 1. The fourth-order valence-corrected chi connectivity index (χ4v) is 1.25. The fraction of sp³-hybridized carbons (Fsp3) is 0.600. The Kier molecular flexibility index (Phi) is 6.05. The van der Waals surface area contributed by atoms with Crippen molar-refractivity contribution < 1.29 is 14.6 Å². The number of nitrogens with zero attached hydrogens (tertiary/aromatic N) is 1. The number of aromatic amines is 1. The van der Waals surface area contributed by atoms with E-state index in [0.717, 1.165) is 6.42 Å². The van der Waals surface area contributed by atoms with Gasteiger partial charge in [0.2, 0.25) is 5.75 Å². The van der Waals surface area contributed by atoms with Crippen molar-refractivity contribution in [1.29, 1.82) is 0 Å². The maximum Gasteiger partial charge on any atom is 0.295 e. The van der Waals surface area contributed by atoms with Gasteiger partial charge in [0.1, 0.15) is 0 Å². The first-order valence-electron chi connectivity index (χ1n) is 5.33. The Balaban J connectivity index is 2.36. The number of hydrogen-bond acceptors (Lipinski definition) is 6. The third-order valence-corrected chi connectivity index (χ3v) is 2.01. The van der Waals surface area contributed by atoms with E-state index in [1.54, 1.807) is 0 Å². The second kappa shape index (κ2) is 7.64. The van der Waals surface area contributed by atoms with Gasteiger partial charge >= 0.3 is 0 Å². The molecule has 0 amide bonds. The quantitative estimate of drug-likeness (QED) is 0.537. The molecule has 0 saturated carbocycles. The molecule has 0 unspecified atom stereocenters. The molecule has 0 aliphatic heterocycles. The first kappa shape index (κ1) is 13.5. The van der Waals surface area contributed by atoms with E-state index in [1.807, 2.05) is 0 Å². The SMILES string of the molecule is COc1c(NCCCOCCO)nc[nH]c1=O. The molecule has 0 radical (unpaired) electrons. The van der Waals surface area contributed by atoms with Crippen LogP contribution in [-0.4, -0.2) is 48.5 Å². The molecule has 0 saturated heterocycles. The van der Waals surface area contributed by atoms with Crippen LogP contribution in [-0.2, 0) is 4.74 Å². The fourth-order valence-electron chi connectivity index (χ4n) is 1.25. The van der Waals surface area contributed by atoms with Crippen LogP contribution in [0.25, 0.3) is 0 Å². The van der Waals surface area contributed by atoms with Crippen LogP contribution >= 0.6 is 0 Å². The summed E-state index contributed by atoms with van der Waals surface area (Å²) in [4.78, 5) is 17.7. The van der Waals surface area contributed by atoms with Crippen LogP contribution < -0.4 is 15.6 Å². The number of H-pyrrole nitrogens is 1. The summed E-state index contributed by atoms with van der Waals surface area (Å²) in [5.41, 5.74) is -0.318. The summed E-state index contributed by atoms with van der Waals surface area (Å²) >= 11 is 0. The second-order valence-electron chi connectivity index (χ2n) is 3.23. The van der Waals surface area contributed by atoms with Gasteiger partial charge in [-0.3, -0.25) is 4.79 Å². The average Bonchev–Trinajstić information content (AvgIpc) is 2.34. The third-order valence-electron chi connectivity index (χ3n) is 2.01.